The summed E-state index contributed by atoms with van der Waals surface area (Å²) in [6.45, 7) is 2.95. The van der Waals surface area contributed by atoms with Crippen molar-refractivity contribution in [2.75, 3.05) is 19.7 Å². The number of ether oxygens (including phenoxy) is 2. The Bertz CT molecular complexity index is 711. The van der Waals surface area contributed by atoms with Gasteiger partial charge in [-0.3, -0.25) is 4.79 Å². The van der Waals surface area contributed by atoms with Gasteiger partial charge in [-0.1, -0.05) is 30.3 Å². The average Bonchev–Trinajstić information content (AvgIpc) is 3.35. The van der Waals surface area contributed by atoms with Crippen LogP contribution in [0, 0.1) is 0 Å². The normalized spacial score (nSPS) is 25.7. The largest absolute Gasteiger partial charge is 0.372 e. The second kappa shape index (κ2) is 7.60. The number of likely N-dealkylation sites (tertiary alicyclic amines) is 1. The molecule has 1 spiro atoms. The fourth-order valence-corrected chi connectivity index (χ4v) is 3.95. The van der Waals surface area contributed by atoms with Gasteiger partial charge in [-0.15, -0.1) is 0 Å². The molecule has 1 aromatic carbocycles. The number of rotatable bonds is 5. The lowest BCUT2D eigenvalue weighted by Crippen LogP contribution is -2.57. The monoisotopic (exact) mass is 355 g/mol. The molecule has 6 nitrogen and oxygen atoms in total. The van der Waals surface area contributed by atoms with Gasteiger partial charge in [0.2, 0.25) is 5.91 Å². The molecule has 2 fully saturated rings. The molecule has 0 N–H and O–H groups in total. The topological polar surface area (TPSA) is 56.6 Å². The highest BCUT2D eigenvalue weighted by Gasteiger charge is 2.47. The van der Waals surface area contributed by atoms with Crippen molar-refractivity contribution in [1.82, 2.24) is 14.5 Å². The van der Waals surface area contributed by atoms with Crippen LogP contribution >= 0.6 is 0 Å². The molecule has 1 amide bonds. The van der Waals surface area contributed by atoms with Crippen LogP contribution in [0.15, 0.2) is 49.1 Å². The summed E-state index contributed by atoms with van der Waals surface area (Å²) in [5, 5.41) is 0. The summed E-state index contributed by atoms with van der Waals surface area (Å²) in [4.78, 5) is 18.6. The number of piperidine rings is 1. The molecule has 1 aromatic heterocycles. The van der Waals surface area contributed by atoms with Crippen LogP contribution in [-0.2, 0) is 27.4 Å². The van der Waals surface area contributed by atoms with E-state index in [4.69, 9.17) is 9.47 Å². The maximum atomic E-state index is 12.7. The maximum Gasteiger partial charge on any atom is 0.242 e. The SMILES string of the molecule is O=C(Cn1ccnc1)N1CC[C@@]2(CCCO2)[C@@H](OCc2ccccc2)C1. The third kappa shape index (κ3) is 3.66. The van der Waals surface area contributed by atoms with E-state index in [0.717, 1.165) is 38.0 Å². The third-order valence-electron chi connectivity index (χ3n) is 5.44. The summed E-state index contributed by atoms with van der Waals surface area (Å²) in [7, 11) is 0. The van der Waals surface area contributed by atoms with Gasteiger partial charge in [-0.25, -0.2) is 4.98 Å². The van der Waals surface area contributed by atoms with E-state index in [2.05, 4.69) is 17.1 Å². The van der Waals surface area contributed by atoms with E-state index in [9.17, 15) is 4.79 Å². The van der Waals surface area contributed by atoms with E-state index in [0.29, 0.717) is 19.7 Å². The van der Waals surface area contributed by atoms with Gasteiger partial charge >= 0.3 is 0 Å². The van der Waals surface area contributed by atoms with E-state index in [1.54, 1.807) is 17.1 Å². The van der Waals surface area contributed by atoms with E-state index in [-0.39, 0.29) is 17.6 Å². The summed E-state index contributed by atoms with van der Waals surface area (Å²) >= 11 is 0. The van der Waals surface area contributed by atoms with Crippen molar-refractivity contribution in [3.63, 3.8) is 0 Å². The van der Waals surface area contributed by atoms with E-state index in [1.807, 2.05) is 29.3 Å². The summed E-state index contributed by atoms with van der Waals surface area (Å²) in [6, 6.07) is 10.2. The Balaban J connectivity index is 1.43. The predicted octanol–water partition coefficient (Wildman–Crippen LogP) is 2.25. The number of hydrogen-bond donors (Lipinski definition) is 0. The minimum Gasteiger partial charge on any atom is -0.372 e. The molecule has 0 unspecified atom stereocenters. The number of carbonyl (C=O) groups excluding carboxylic acids is 1. The zero-order chi connectivity index (χ0) is 17.8. The van der Waals surface area contributed by atoms with Gasteiger partial charge < -0.3 is 18.9 Å². The first-order valence-corrected chi connectivity index (χ1v) is 9.28. The molecule has 0 saturated carbocycles. The number of carbonyl (C=O) groups is 1. The molecule has 2 aliphatic heterocycles. The lowest BCUT2D eigenvalue weighted by atomic mass is 9.85. The van der Waals surface area contributed by atoms with E-state index < -0.39 is 0 Å². The van der Waals surface area contributed by atoms with Crippen LogP contribution in [0.5, 0.6) is 0 Å². The predicted molar refractivity (Wildman–Crippen MR) is 96.4 cm³/mol. The van der Waals surface area contributed by atoms with Crippen molar-refractivity contribution in [2.24, 2.45) is 0 Å². The van der Waals surface area contributed by atoms with Gasteiger partial charge in [0.15, 0.2) is 0 Å². The van der Waals surface area contributed by atoms with Crippen molar-refractivity contribution in [2.45, 2.75) is 44.1 Å². The van der Waals surface area contributed by atoms with Crippen molar-refractivity contribution in [1.29, 1.82) is 0 Å². The molecule has 2 atom stereocenters. The number of amides is 1. The van der Waals surface area contributed by atoms with Crippen LogP contribution in [0.25, 0.3) is 0 Å². The second-order valence-electron chi connectivity index (χ2n) is 7.13. The Morgan fingerprint density at radius 3 is 2.92 bits per heavy atom. The first kappa shape index (κ1) is 17.2. The molecule has 0 aliphatic carbocycles. The van der Waals surface area contributed by atoms with Crippen LogP contribution < -0.4 is 0 Å². The molecule has 2 aliphatic rings. The summed E-state index contributed by atoms with van der Waals surface area (Å²) in [5.41, 5.74) is 0.906. The summed E-state index contributed by atoms with van der Waals surface area (Å²) in [6.07, 6.45) is 7.99. The Kier molecular flexibility index (Phi) is 5.04. The van der Waals surface area contributed by atoms with Crippen molar-refractivity contribution < 1.29 is 14.3 Å². The number of benzene rings is 1. The van der Waals surface area contributed by atoms with Crippen molar-refractivity contribution in [3.05, 3.63) is 54.6 Å². The summed E-state index contributed by atoms with van der Waals surface area (Å²) in [5.74, 6) is 0.101. The Labute approximate surface area is 153 Å². The van der Waals surface area contributed by atoms with E-state index >= 15 is 0 Å². The van der Waals surface area contributed by atoms with Gasteiger partial charge in [0, 0.05) is 32.1 Å². The molecular formula is C20H25N3O3. The fourth-order valence-electron chi connectivity index (χ4n) is 3.95. The Morgan fingerprint density at radius 1 is 1.31 bits per heavy atom. The minimum atomic E-state index is -0.236. The molecule has 0 bridgehead atoms. The lowest BCUT2D eigenvalue weighted by molar-refractivity contribution is -0.168. The van der Waals surface area contributed by atoms with Crippen molar-refractivity contribution in [3.8, 4) is 0 Å². The molecule has 26 heavy (non-hydrogen) atoms. The Morgan fingerprint density at radius 2 is 2.19 bits per heavy atom. The van der Waals surface area contributed by atoms with Crippen LogP contribution in [0.1, 0.15) is 24.8 Å². The first-order valence-electron chi connectivity index (χ1n) is 9.28. The quantitative estimate of drug-likeness (QED) is 0.825. The van der Waals surface area contributed by atoms with Gasteiger partial charge in [-0.2, -0.15) is 0 Å². The van der Waals surface area contributed by atoms with Crippen LogP contribution in [-0.4, -0.2) is 51.8 Å². The molecule has 2 aromatic rings. The Hall–Kier alpha value is -2.18. The third-order valence-corrected chi connectivity index (χ3v) is 5.44. The second-order valence-corrected chi connectivity index (χ2v) is 7.13. The van der Waals surface area contributed by atoms with Crippen molar-refractivity contribution >= 4 is 5.91 Å². The van der Waals surface area contributed by atoms with Crippen LogP contribution in [0.4, 0.5) is 0 Å². The highest BCUT2D eigenvalue weighted by molar-refractivity contribution is 5.76. The molecule has 0 radical (unpaired) electrons. The van der Waals surface area contributed by atoms with Crippen LogP contribution in [0.2, 0.25) is 0 Å². The molecule has 138 valence electrons. The highest BCUT2D eigenvalue weighted by atomic mass is 16.6. The van der Waals surface area contributed by atoms with Gasteiger partial charge in [0.05, 0.1) is 18.5 Å². The molecule has 3 heterocycles. The number of aromatic nitrogens is 2. The zero-order valence-electron chi connectivity index (χ0n) is 14.9. The molecular weight excluding hydrogens is 330 g/mol. The number of hydrogen-bond acceptors (Lipinski definition) is 4. The minimum absolute atomic E-state index is 0.0920. The molecule has 2 saturated heterocycles. The molecule has 4 rings (SSSR count). The van der Waals surface area contributed by atoms with Gasteiger partial charge in [-0.05, 0) is 24.8 Å². The van der Waals surface area contributed by atoms with Crippen LogP contribution in [0.3, 0.4) is 0 Å². The van der Waals surface area contributed by atoms with E-state index in [1.165, 1.54) is 0 Å². The first-order chi connectivity index (χ1) is 12.8. The van der Waals surface area contributed by atoms with Gasteiger partial charge in [0.25, 0.3) is 0 Å². The summed E-state index contributed by atoms with van der Waals surface area (Å²) < 4.78 is 14.2. The lowest BCUT2D eigenvalue weighted by Gasteiger charge is -2.44. The zero-order valence-corrected chi connectivity index (χ0v) is 14.9. The molecule has 6 heteroatoms. The highest BCUT2D eigenvalue weighted by Crippen LogP contribution is 2.38. The standard InChI is InChI=1S/C20H25N3O3/c24-19(14-22-11-9-21-16-22)23-10-8-20(7-4-12-26-20)18(13-23)25-15-17-5-2-1-3-6-17/h1-3,5-6,9,11,16,18H,4,7-8,10,12-15H2/t18-,20-/m0/s1. The average molecular weight is 355 g/mol. The maximum absolute atomic E-state index is 12.7. The fraction of sp³-hybridized carbons (Fsp3) is 0.500. The number of nitrogens with zero attached hydrogens (tertiary/aromatic N) is 3. The van der Waals surface area contributed by atoms with Gasteiger partial charge in [0.1, 0.15) is 12.6 Å². The number of imidazole rings is 1. The smallest absolute Gasteiger partial charge is 0.242 e.